The number of carbonyl (C=O) groups excluding carboxylic acids is 1. The van der Waals surface area contributed by atoms with E-state index in [9.17, 15) is 18.0 Å². The number of fused-ring (bicyclic) bond motifs is 3. The van der Waals surface area contributed by atoms with Crippen LogP contribution in [-0.2, 0) is 4.79 Å². The van der Waals surface area contributed by atoms with E-state index in [1.165, 1.54) is 6.08 Å². The molecule has 1 unspecified atom stereocenters. The zero-order valence-corrected chi connectivity index (χ0v) is 19.1. The highest BCUT2D eigenvalue weighted by molar-refractivity contribution is 7.42. The lowest BCUT2D eigenvalue weighted by atomic mass is 10.0. The Kier molecular flexibility index (Phi) is 5.79. The molecule has 5 rings (SSSR count). The molecule has 172 valence electrons. The minimum absolute atomic E-state index is 0.0150. The Bertz CT molecular complexity index is 1290. The number of aryl methyl sites for hydroxylation is 1. The molecule has 1 atom stereocenters. The van der Waals surface area contributed by atoms with Crippen molar-refractivity contribution in [2.24, 2.45) is 0 Å². The Morgan fingerprint density at radius 2 is 1.97 bits per heavy atom. The second-order valence-electron chi connectivity index (χ2n) is 8.43. The van der Waals surface area contributed by atoms with Gasteiger partial charge in [-0.2, -0.15) is 13.2 Å². The van der Waals surface area contributed by atoms with Gasteiger partial charge >= 0.3 is 6.18 Å². The largest absolute Gasteiger partial charge is 0.413 e. The van der Waals surface area contributed by atoms with Crippen molar-refractivity contribution in [3.63, 3.8) is 0 Å². The number of aromatic nitrogens is 4. The van der Waals surface area contributed by atoms with E-state index in [1.807, 2.05) is 18.8 Å². The maximum atomic E-state index is 13.3. The molecule has 0 spiro atoms. The van der Waals surface area contributed by atoms with Crippen LogP contribution in [0.4, 0.5) is 13.2 Å². The van der Waals surface area contributed by atoms with E-state index in [1.54, 1.807) is 12.3 Å². The van der Waals surface area contributed by atoms with Crippen LogP contribution >= 0.6 is 8.58 Å². The first kappa shape index (κ1) is 22.2. The lowest BCUT2D eigenvalue weighted by Crippen LogP contribution is -2.36. The normalized spacial score (nSPS) is 19.3. The quantitative estimate of drug-likeness (QED) is 0.408. The van der Waals surface area contributed by atoms with E-state index in [0.717, 1.165) is 49.1 Å². The summed E-state index contributed by atoms with van der Waals surface area (Å²) in [6.45, 7) is 4.04. The molecule has 0 aliphatic carbocycles. The number of hydrogen-bond acceptors (Lipinski definition) is 5. The first-order valence-electron chi connectivity index (χ1n) is 10.9. The molecule has 33 heavy (non-hydrogen) atoms. The predicted octanol–water partition coefficient (Wildman–Crippen LogP) is 4.65. The van der Waals surface area contributed by atoms with Crippen LogP contribution in [0.2, 0.25) is 0 Å². The number of imidazole rings is 1. The van der Waals surface area contributed by atoms with Gasteiger partial charge in [0.2, 0.25) is 0 Å². The number of carbonyl (C=O) groups is 1. The van der Waals surface area contributed by atoms with Crippen molar-refractivity contribution in [2.75, 3.05) is 25.8 Å². The Hall–Kier alpha value is -2.64. The van der Waals surface area contributed by atoms with E-state index < -0.39 is 11.7 Å². The maximum absolute atomic E-state index is 13.3. The standard InChI is InChI=1S/C23H23F3N5OP/c1-14-28-20-11-27-19-3-2-18(15-10-16(13-33-12-15)23(24,25)26)29-21(19)22(20)31(14)17-4-6-30(7-5-17)8-9-32/h2-3,9-12,17,33H,4-8,13H2,1H3. The van der Waals surface area contributed by atoms with Gasteiger partial charge in [0.15, 0.2) is 0 Å². The topological polar surface area (TPSA) is 63.9 Å². The number of halogens is 3. The average Bonchev–Trinajstić information content (AvgIpc) is 3.15. The number of rotatable bonds is 4. The van der Waals surface area contributed by atoms with Crippen molar-refractivity contribution >= 4 is 42.5 Å². The fraction of sp³-hybridized carbons (Fsp3) is 0.391. The molecule has 3 aromatic rings. The molecule has 1 saturated heterocycles. The highest BCUT2D eigenvalue weighted by atomic mass is 31.1. The number of nitrogens with zero attached hydrogens (tertiary/aromatic N) is 5. The highest BCUT2D eigenvalue weighted by Crippen LogP contribution is 2.39. The number of allylic oxidation sites excluding steroid dienone is 3. The van der Waals surface area contributed by atoms with Gasteiger partial charge < -0.3 is 9.36 Å². The van der Waals surface area contributed by atoms with Gasteiger partial charge in [-0.15, -0.1) is 0 Å². The molecule has 0 N–H and O–H groups in total. The molecule has 3 aromatic heterocycles. The summed E-state index contributed by atoms with van der Waals surface area (Å²) in [4.78, 5) is 27.0. The lowest BCUT2D eigenvalue weighted by Gasteiger charge is -2.32. The van der Waals surface area contributed by atoms with Crippen LogP contribution in [0, 0.1) is 6.92 Å². The molecule has 2 aliphatic heterocycles. The van der Waals surface area contributed by atoms with Gasteiger partial charge in [0.1, 0.15) is 23.1 Å². The Labute approximate surface area is 190 Å². The summed E-state index contributed by atoms with van der Waals surface area (Å²) in [5.41, 5.74) is 3.42. The first-order chi connectivity index (χ1) is 15.8. The number of piperidine rings is 1. The second kappa shape index (κ2) is 8.61. The third-order valence-corrected chi connectivity index (χ3v) is 7.43. The first-order valence-corrected chi connectivity index (χ1v) is 12.2. The zero-order chi connectivity index (χ0) is 23.2. The van der Waals surface area contributed by atoms with Gasteiger partial charge in [0.05, 0.1) is 29.5 Å². The van der Waals surface area contributed by atoms with Crippen molar-refractivity contribution in [1.82, 2.24) is 24.4 Å². The molecule has 1 fully saturated rings. The molecule has 2 aliphatic rings. The summed E-state index contributed by atoms with van der Waals surface area (Å²) in [5, 5.41) is 0. The smallest absolute Gasteiger partial charge is 0.323 e. The van der Waals surface area contributed by atoms with E-state index in [2.05, 4.69) is 14.5 Å². The van der Waals surface area contributed by atoms with Crippen LogP contribution in [0.1, 0.15) is 30.4 Å². The van der Waals surface area contributed by atoms with Gasteiger partial charge in [-0.25, -0.2) is 9.97 Å². The molecule has 6 nitrogen and oxygen atoms in total. The third-order valence-electron chi connectivity index (χ3n) is 6.33. The van der Waals surface area contributed by atoms with E-state index in [-0.39, 0.29) is 20.8 Å². The average molecular weight is 473 g/mol. The van der Waals surface area contributed by atoms with Gasteiger partial charge in [0.25, 0.3) is 0 Å². The molecule has 0 aromatic carbocycles. The molecule has 0 radical (unpaired) electrons. The molecule has 0 bridgehead atoms. The van der Waals surface area contributed by atoms with E-state index in [0.29, 0.717) is 28.8 Å². The third kappa shape index (κ3) is 4.20. The van der Waals surface area contributed by atoms with Crippen molar-refractivity contribution < 1.29 is 18.0 Å². The van der Waals surface area contributed by atoms with Crippen LogP contribution < -0.4 is 0 Å². The Balaban J connectivity index is 1.59. The van der Waals surface area contributed by atoms with Gasteiger partial charge in [-0.1, -0.05) is 14.4 Å². The Morgan fingerprint density at radius 1 is 1.18 bits per heavy atom. The van der Waals surface area contributed by atoms with Crippen molar-refractivity contribution in [2.45, 2.75) is 32.0 Å². The summed E-state index contributed by atoms with van der Waals surface area (Å²) in [6.07, 6.45) is 1.33. The summed E-state index contributed by atoms with van der Waals surface area (Å²) < 4.78 is 42.0. The fourth-order valence-corrected chi connectivity index (χ4v) is 5.78. The highest BCUT2D eigenvalue weighted by Gasteiger charge is 2.34. The monoisotopic (exact) mass is 473 g/mol. The SMILES string of the molecule is Cc1nc2cnc3ccc(C4=CPCC(C(F)(F)F)=C4)nc3c2n1C1CCN(CC=O)CC1. The summed E-state index contributed by atoms with van der Waals surface area (Å²) in [5.74, 6) is 2.69. The van der Waals surface area contributed by atoms with E-state index >= 15 is 0 Å². The predicted molar refractivity (Wildman–Crippen MR) is 124 cm³/mol. The number of likely N-dealkylation sites (tertiary alicyclic amines) is 1. The summed E-state index contributed by atoms with van der Waals surface area (Å²) in [7, 11) is 0.0691. The molecule has 0 saturated carbocycles. The summed E-state index contributed by atoms with van der Waals surface area (Å²) >= 11 is 0. The van der Waals surface area contributed by atoms with Crippen molar-refractivity contribution in [3.8, 4) is 0 Å². The minimum Gasteiger partial charge on any atom is -0.323 e. The van der Waals surface area contributed by atoms with Crippen LogP contribution in [0.25, 0.3) is 27.6 Å². The number of pyridine rings is 2. The molecule has 5 heterocycles. The van der Waals surface area contributed by atoms with Crippen LogP contribution in [0.15, 0.2) is 35.8 Å². The zero-order valence-electron chi connectivity index (χ0n) is 18.1. The van der Waals surface area contributed by atoms with Gasteiger partial charge in [-0.05, 0) is 44.1 Å². The van der Waals surface area contributed by atoms with Crippen LogP contribution in [0.3, 0.4) is 0 Å². The second-order valence-corrected chi connectivity index (χ2v) is 9.48. The fourth-order valence-electron chi connectivity index (χ4n) is 4.71. The Morgan fingerprint density at radius 3 is 2.70 bits per heavy atom. The van der Waals surface area contributed by atoms with E-state index in [4.69, 9.17) is 9.97 Å². The van der Waals surface area contributed by atoms with Crippen LogP contribution in [0.5, 0.6) is 0 Å². The van der Waals surface area contributed by atoms with Gasteiger partial charge in [-0.3, -0.25) is 9.88 Å². The van der Waals surface area contributed by atoms with Crippen molar-refractivity contribution in [3.05, 3.63) is 47.3 Å². The minimum atomic E-state index is -4.33. The molecule has 0 amide bonds. The van der Waals surface area contributed by atoms with Gasteiger partial charge in [0, 0.05) is 30.3 Å². The molecule has 10 heteroatoms. The number of hydrogen-bond donors (Lipinski definition) is 0. The maximum Gasteiger partial charge on any atom is 0.413 e. The van der Waals surface area contributed by atoms with Crippen molar-refractivity contribution in [1.29, 1.82) is 0 Å². The lowest BCUT2D eigenvalue weighted by molar-refractivity contribution is -0.109. The summed E-state index contributed by atoms with van der Waals surface area (Å²) in [6, 6.07) is 3.76. The number of aldehydes is 1. The van der Waals surface area contributed by atoms with Crippen LogP contribution in [-0.4, -0.2) is 62.7 Å². The number of alkyl halides is 3. The molecular formula is C23H23F3N5OP. The molecular weight excluding hydrogens is 450 g/mol.